The molecule has 1 aromatic carbocycles. The largest absolute Gasteiger partial charge is 0.417 e. The smallest absolute Gasteiger partial charge is 0.339 e. The van der Waals surface area contributed by atoms with Crippen molar-refractivity contribution in [3.63, 3.8) is 0 Å². The third kappa shape index (κ3) is 3.27. The van der Waals surface area contributed by atoms with Crippen LogP contribution in [0.25, 0.3) is 0 Å². The highest BCUT2D eigenvalue weighted by Gasteiger charge is 2.37. The molecule has 0 radical (unpaired) electrons. The predicted octanol–water partition coefficient (Wildman–Crippen LogP) is 3.42. The van der Waals surface area contributed by atoms with E-state index in [9.17, 15) is 18.0 Å². The number of nitrogens with zero attached hydrogens (tertiary/aromatic N) is 3. The second kappa shape index (κ2) is 6.26. The van der Waals surface area contributed by atoms with Crippen LogP contribution in [-0.2, 0) is 6.18 Å². The number of amides is 1. The maximum Gasteiger partial charge on any atom is 0.417 e. The maximum absolute atomic E-state index is 13.1. The van der Waals surface area contributed by atoms with E-state index in [0.29, 0.717) is 24.7 Å². The average molecular weight is 339 g/mol. The first-order valence-corrected chi connectivity index (χ1v) is 7.62. The van der Waals surface area contributed by atoms with Gasteiger partial charge in [0.2, 0.25) is 5.89 Å². The number of carbonyl (C=O) groups excluding carboxylic acids is 1. The fraction of sp³-hybridized carbons (Fsp3) is 0.438. The normalized spacial score (nSPS) is 18.7. The summed E-state index contributed by atoms with van der Waals surface area (Å²) < 4.78 is 44.5. The van der Waals surface area contributed by atoms with Gasteiger partial charge in [-0.25, -0.2) is 0 Å². The first kappa shape index (κ1) is 16.5. The van der Waals surface area contributed by atoms with Crippen LogP contribution < -0.4 is 0 Å². The van der Waals surface area contributed by atoms with E-state index < -0.39 is 17.6 Å². The van der Waals surface area contributed by atoms with Crippen molar-refractivity contribution < 1.29 is 22.5 Å². The van der Waals surface area contributed by atoms with Crippen molar-refractivity contribution in [1.82, 2.24) is 15.0 Å². The Bertz CT molecular complexity index is 742. The van der Waals surface area contributed by atoms with Gasteiger partial charge in [-0.1, -0.05) is 17.3 Å². The zero-order chi connectivity index (χ0) is 17.3. The fourth-order valence-corrected chi connectivity index (χ4v) is 2.93. The molecule has 1 aliphatic rings. The van der Waals surface area contributed by atoms with E-state index in [4.69, 9.17) is 4.52 Å². The topological polar surface area (TPSA) is 59.2 Å². The summed E-state index contributed by atoms with van der Waals surface area (Å²) in [7, 11) is 0. The predicted molar refractivity (Wildman–Crippen MR) is 78.4 cm³/mol. The van der Waals surface area contributed by atoms with Gasteiger partial charge in [0.05, 0.1) is 17.0 Å². The number of carbonyl (C=O) groups is 1. The van der Waals surface area contributed by atoms with Crippen LogP contribution in [0.1, 0.15) is 46.4 Å². The highest BCUT2D eigenvalue weighted by Crippen LogP contribution is 2.33. The number of aryl methyl sites for hydroxylation is 1. The molecule has 128 valence electrons. The SMILES string of the molecule is Cc1noc([C@H]2CCCN(C(=O)c3ccccc3C(F)(F)F)C2)n1. The number of hydrogen-bond acceptors (Lipinski definition) is 4. The van der Waals surface area contributed by atoms with Crippen molar-refractivity contribution in [3.05, 3.63) is 47.1 Å². The molecule has 1 aromatic heterocycles. The second-order valence-electron chi connectivity index (χ2n) is 5.81. The molecule has 1 atom stereocenters. The maximum atomic E-state index is 13.1. The van der Waals surface area contributed by atoms with Gasteiger partial charge in [0.1, 0.15) is 0 Å². The van der Waals surface area contributed by atoms with E-state index in [1.807, 2.05) is 0 Å². The lowest BCUT2D eigenvalue weighted by molar-refractivity contribution is -0.138. The van der Waals surface area contributed by atoms with Crippen LogP contribution in [-0.4, -0.2) is 34.0 Å². The standard InChI is InChI=1S/C16H16F3N3O2/c1-10-20-14(24-21-10)11-5-4-8-22(9-11)15(23)12-6-2-3-7-13(12)16(17,18)19/h2-3,6-7,11H,4-5,8-9H2,1H3/t11-/m0/s1. The molecule has 0 saturated carbocycles. The Morgan fingerprint density at radius 2 is 2.08 bits per heavy atom. The summed E-state index contributed by atoms with van der Waals surface area (Å²) in [4.78, 5) is 18.2. The monoisotopic (exact) mass is 339 g/mol. The quantitative estimate of drug-likeness (QED) is 0.841. The number of likely N-dealkylation sites (tertiary alicyclic amines) is 1. The number of piperidine rings is 1. The van der Waals surface area contributed by atoms with Gasteiger partial charge in [0.25, 0.3) is 5.91 Å². The zero-order valence-corrected chi connectivity index (χ0v) is 13.0. The zero-order valence-electron chi connectivity index (χ0n) is 13.0. The van der Waals surface area contributed by atoms with E-state index in [0.717, 1.165) is 12.5 Å². The lowest BCUT2D eigenvalue weighted by Crippen LogP contribution is -2.40. The van der Waals surface area contributed by atoms with Gasteiger partial charge in [0, 0.05) is 13.1 Å². The van der Waals surface area contributed by atoms with Crippen molar-refractivity contribution in [2.45, 2.75) is 31.9 Å². The van der Waals surface area contributed by atoms with Crippen LogP contribution in [0.5, 0.6) is 0 Å². The molecule has 1 aliphatic heterocycles. The molecule has 24 heavy (non-hydrogen) atoms. The first-order valence-electron chi connectivity index (χ1n) is 7.62. The summed E-state index contributed by atoms with van der Waals surface area (Å²) in [5.41, 5.74) is -1.24. The summed E-state index contributed by atoms with van der Waals surface area (Å²) in [5.74, 6) is 0.149. The lowest BCUT2D eigenvalue weighted by atomic mass is 9.96. The summed E-state index contributed by atoms with van der Waals surface area (Å²) >= 11 is 0. The van der Waals surface area contributed by atoms with E-state index in [-0.39, 0.29) is 18.0 Å². The Morgan fingerprint density at radius 1 is 1.33 bits per heavy atom. The summed E-state index contributed by atoms with van der Waals surface area (Å²) in [6, 6.07) is 4.85. The van der Waals surface area contributed by atoms with E-state index in [1.54, 1.807) is 6.92 Å². The molecule has 0 aliphatic carbocycles. The van der Waals surface area contributed by atoms with Crippen molar-refractivity contribution in [3.8, 4) is 0 Å². The van der Waals surface area contributed by atoms with Gasteiger partial charge in [-0.15, -0.1) is 0 Å². The number of halogens is 3. The van der Waals surface area contributed by atoms with E-state index in [1.165, 1.54) is 23.1 Å². The van der Waals surface area contributed by atoms with Crippen LogP contribution in [0.2, 0.25) is 0 Å². The molecule has 1 fully saturated rings. The molecule has 2 aromatic rings. The first-order chi connectivity index (χ1) is 11.4. The van der Waals surface area contributed by atoms with Crippen molar-refractivity contribution >= 4 is 5.91 Å². The van der Waals surface area contributed by atoms with E-state index >= 15 is 0 Å². The molecule has 0 bridgehead atoms. The average Bonchev–Trinajstić information content (AvgIpc) is 3.00. The number of aromatic nitrogens is 2. The number of hydrogen-bond donors (Lipinski definition) is 0. The van der Waals surface area contributed by atoms with Crippen LogP contribution in [0.15, 0.2) is 28.8 Å². The molecule has 1 amide bonds. The van der Waals surface area contributed by atoms with Gasteiger partial charge in [-0.2, -0.15) is 18.2 Å². The summed E-state index contributed by atoms with van der Waals surface area (Å²) in [6.07, 6.45) is -3.14. The van der Waals surface area contributed by atoms with Gasteiger partial charge >= 0.3 is 6.18 Å². The van der Waals surface area contributed by atoms with Crippen LogP contribution >= 0.6 is 0 Å². The Morgan fingerprint density at radius 3 is 2.75 bits per heavy atom. The molecular weight excluding hydrogens is 323 g/mol. The molecule has 0 spiro atoms. The highest BCUT2D eigenvalue weighted by molar-refractivity contribution is 5.96. The fourth-order valence-electron chi connectivity index (χ4n) is 2.93. The molecule has 0 unspecified atom stereocenters. The molecule has 3 rings (SSSR count). The van der Waals surface area contributed by atoms with Crippen LogP contribution in [0.4, 0.5) is 13.2 Å². The van der Waals surface area contributed by atoms with Gasteiger partial charge in [-0.05, 0) is 31.9 Å². The van der Waals surface area contributed by atoms with Gasteiger partial charge < -0.3 is 9.42 Å². The Balaban J connectivity index is 1.83. The number of alkyl halides is 3. The lowest BCUT2D eigenvalue weighted by Gasteiger charge is -2.31. The number of rotatable bonds is 2. The van der Waals surface area contributed by atoms with Crippen LogP contribution in [0.3, 0.4) is 0 Å². The minimum Gasteiger partial charge on any atom is -0.339 e. The summed E-state index contributed by atoms with van der Waals surface area (Å²) in [6.45, 7) is 2.37. The minimum absolute atomic E-state index is 0.151. The Labute approximate surface area is 136 Å². The molecule has 1 saturated heterocycles. The third-order valence-corrected chi connectivity index (χ3v) is 4.06. The van der Waals surface area contributed by atoms with Crippen molar-refractivity contribution in [1.29, 1.82) is 0 Å². The number of benzene rings is 1. The van der Waals surface area contributed by atoms with Gasteiger partial charge in [0.15, 0.2) is 5.82 Å². The van der Waals surface area contributed by atoms with E-state index in [2.05, 4.69) is 10.1 Å². The molecule has 8 heteroatoms. The van der Waals surface area contributed by atoms with Gasteiger partial charge in [-0.3, -0.25) is 4.79 Å². The minimum atomic E-state index is -4.56. The molecule has 2 heterocycles. The summed E-state index contributed by atoms with van der Waals surface area (Å²) in [5, 5.41) is 3.73. The van der Waals surface area contributed by atoms with Crippen LogP contribution in [0, 0.1) is 6.92 Å². The van der Waals surface area contributed by atoms with Crippen molar-refractivity contribution in [2.24, 2.45) is 0 Å². The molecular formula is C16H16F3N3O2. The third-order valence-electron chi connectivity index (χ3n) is 4.06. The molecule has 0 N–H and O–H groups in total. The second-order valence-corrected chi connectivity index (χ2v) is 5.81. The Kier molecular flexibility index (Phi) is 4.29. The Hall–Kier alpha value is -2.38. The van der Waals surface area contributed by atoms with Crippen molar-refractivity contribution in [2.75, 3.05) is 13.1 Å². The molecule has 5 nitrogen and oxygen atoms in total. The highest BCUT2D eigenvalue weighted by atomic mass is 19.4.